The van der Waals surface area contributed by atoms with Gasteiger partial charge >= 0.3 is 5.69 Å². The zero-order valence-electron chi connectivity index (χ0n) is 12.8. The SMILES string of the molecule is COCCNC(=O)C(C)NCc1cc(=O)n(C)c(=O)n1C. The minimum Gasteiger partial charge on any atom is -0.383 e. The number of methoxy groups -OCH3 is 1. The van der Waals surface area contributed by atoms with E-state index < -0.39 is 11.7 Å². The molecule has 2 N–H and O–H groups in total. The van der Waals surface area contributed by atoms with E-state index in [2.05, 4.69) is 10.6 Å². The molecule has 0 saturated carbocycles. The largest absolute Gasteiger partial charge is 0.383 e. The summed E-state index contributed by atoms with van der Waals surface area (Å²) >= 11 is 0. The summed E-state index contributed by atoms with van der Waals surface area (Å²) in [6.45, 7) is 2.84. The van der Waals surface area contributed by atoms with Gasteiger partial charge in [0.2, 0.25) is 5.91 Å². The lowest BCUT2D eigenvalue weighted by atomic mass is 10.3. The molecule has 0 bridgehead atoms. The molecule has 0 aromatic carbocycles. The first-order valence-electron chi connectivity index (χ1n) is 6.64. The first-order valence-corrected chi connectivity index (χ1v) is 6.64. The van der Waals surface area contributed by atoms with Crippen molar-refractivity contribution < 1.29 is 9.53 Å². The number of nitrogens with one attached hydrogen (secondary N) is 2. The van der Waals surface area contributed by atoms with Gasteiger partial charge in [-0.3, -0.25) is 18.7 Å². The number of carbonyl (C=O) groups is 1. The molecule has 0 saturated heterocycles. The predicted octanol–water partition coefficient (Wildman–Crippen LogP) is -1.68. The molecule has 1 rings (SSSR count). The highest BCUT2D eigenvalue weighted by atomic mass is 16.5. The van der Waals surface area contributed by atoms with Gasteiger partial charge in [0.25, 0.3) is 5.56 Å². The average Bonchev–Trinajstić information content (AvgIpc) is 2.47. The van der Waals surface area contributed by atoms with Crippen molar-refractivity contribution in [2.45, 2.75) is 19.5 Å². The van der Waals surface area contributed by atoms with E-state index in [9.17, 15) is 14.4 Å². The standard InChI is InChI=1S/C13H22N4O4/c1-9(12(19)14-5-6-21-4)15-8-10-7-11(18)17(3)13(20)16(10)2/h7,9,15H,5-6,8H2,1-4H3,(H,14,19). The molecule has 0 aliphatic carbocycles. The molecule has 0 fully saturated rings. The van der Waals surface area contributed by atoms with Crippen LogP contribution in [0.5, 0.6) is 0 Å². The highest BCUT2D eigenvalue weighted by Gasteiger charge is 2.13. The van der Waals surface area contributed by atoms with Crippen LogP contribution in [-0.2, 0) is 30.2 Å². The lowest BCUT2D eigenvalue weighted by molar-refractivity contribution is -0.123. The van der Waals surface area contributed by atoms with Crippen LogP contribution in [0.3, 0.4) is 0 Å². The van der Waals surface area contributed by atoms with Crippen molar-refractivity contribution in [1.29, 1.82) is 0 Å². The Bertz CT molecular complexity index is 605. The topological polar surface area (TPSA) is 94.4 Å². The van der Waals surface area contributed by atoms with Gasteiger partial charge in [-0.1, -0.05) is 0 Å². The van der Waals surface area contributed by atoms with Crippen LogP contribution >= 0.6 is 0 Å². The van der Waals surface area contributed by atoms with E-state index >= 15 is 0 Å². The van der Waals surface area contributed by atoms with Gasteiger partial charge in [0.15, 0.2) is 0 Å². The average molecular weight is 298 g/mol. The molecule has 1 amide bonds. The summed E-state index contributed by atoms with van der Waals surface area (Å²) in [5.41, 5.74) is -0.233. The van der Waals surface area contributed by atoms with Gasteiger partial charge in [0.1, 0.15) is 0 Å². The summed E-state index contributed by atoms with van der Waals surface area (Å²) in [5, 5.41) is 5.68. The third-order valence-electron chi connectivity index (χ3n) is 3.21. The number of rotatable bonds is 7. The van der Waals surface area contributed by atoms with Crippen molar-refractivity contribution in [3.05, 3.63) is 32.6 Å². The molecule has 8 nitrogen and oxygen atoms in total. The van der Waals surface area contributed by atoms with E-state index in [1.165, 1.54) is 17.7 Å². The molecular weight excluding hydrogens is 276 g/mol. The summed E-state index contributed by atoms with van der Waals surface area (Å²) in [4.78, 5) is 35.1. The molecule has 0 aliphatic heterocycles. The Hall–Kier alpha value is -1.93. The quantitative estimate of drug-likeness (QED) is 0.587. The normalized spacial score (nSPS) is 12.2. The summed E-state index contributed by atoms with van der Waals surface area (Å²) in [6.07, 6.45) is 0. The number of aromatic nitrogens is 2. The Morgan fingerprint density at radius 2 is 2.00 bits per heavy atom. The molecule has 0 radical (unpaired) electrons. The fraction of sp³-hybridized carbons (Fsp3) is 0.615. The number of carbonyl (C=O) groups excluding carboxylic acids is 1. The van der Waals surface area contributed by atoms with Crippen LogP contribution in [0.25, 0.3) is 0 Å². The monoisotopic (exact) mass is 298 g/mol. The van der Waals surface area contributed by atoms with Crippen molar-refractivity contribution in [3.63, 3.8) is 0 Å². The van der Waals surface area contributed by atoms with Gasteiger partial charge in [-0.05, 0) is 6.92 Å². The second-order valence-corrected chi connectivity index (χ2v) is 4.76. The summed E-state index contributed by atoms with van der Waals surface area (Å²) in [7, 11) is 4.57. The summed E-state index contributed by atoms with van der Waals surface area (Å²) in [6, 6.07) is 0.935. The van der Waals surface area contributed by atoms with E-state index in [1.54, 1.807) is 21.1 Å². The molecule has 118 valence electrons. The van der Waals surface area contributed by atoms with Crippen molar-refractivity contribution >= 4 is 5.91 Å². The molecule has 21 heavy (non-hydrogen) atoms. The predicted molar refractivity (Wildman–Crippen MR) is 78.1 cm³/mol. The van der Waals surface area contributed by atoms with Crippen LogP contribution in [-0.4, -0.2) is 41.3 Å². The van der Waals surface area contributed by atoms with Gasteiger partial charge in [0.05, 0.1) is 12.6 Å². The lowest BCUT2D eigenvalue weighted by Crippen LogP contribution is -2.44. The first-order chi connectivity index (χ1) is 9.88. The minimum absolute atomic E-state index is 0.166. The van der Waals surface area contributed by atoms with Gasteiger partial charge in [-0.15, -0.1) is 0 Å². The zero-order valence-corrected chi connectivity index (χ0v) is 12.8. The number of amides is 1. The Labute approximate surface area is 122 Å². The van der Waals surface area contributed by atoms with Gasteiger partial charge in [-0.25, -0.2) is 4.79 Å². The highest BCUT2D eigenvalue weighted by molar-refractivity contribution is 5.81. The molecule has 8 heteroatoms. The fourth-order valence-electron chi connectivity index (χ4n) is 1.73. The maximum atomic E-state index is 11.8. The highest BCUT2D eigenvalue weighted by Crippen LogP contribution is 1.92. The second-order valence-electron chi connectivity index (χ2n) is 4.76. The van der Waals surface area contributed by atoms with Crippen molar-refractivity contribution in [3.8, 4) is 0 Å². The van der Waals surface area contributed by atoms with Crippen molar-refractivity contribution in [2.75, 3.05) is 20.3 Å². The maximum absolute atomic E-state index is 11.8. The molecule has 1 atom stereocenters. The number of nitrogens with zero attached hydrogens (tertiary/aromatic N) is 2. The van der Waals surface area contributed by atoms with E-state index in [1.807, 2.05) is 0 Å². The molecule has 0 aliphatic rings. The van der Waals surface area contributed by atoms with Gasteiger partial charge < -0.3 is 15.4 Å². The smallest absolute Gasteiger partial charge is 0.330 e. The Morgan fingerprint density at radius 3 is 2.62 bits per heavy atom. The van der Waals surface area contributed by atoms with Gasteiger partial charge in [-0.2, -0.15) is 0 Å². The minimum atomic E-state index is -0.444. The molecule has 1 heterocycles. The Kier molecular flexibility index (Phi) is 6.32. The van der Waals surface area contributed by atoms with E-state index in [4.69, 9.17) is 4.74 Å². The number of ether oxygens (including phenoxy) is 1. The molecule has 1 unspecified atom stereocenters. The van der Waals surface area contributed by atoms with Crippen molar-refractivity contribution in [1.82, 2.24) is 19.8 Å². The fourth-order valence-corrected chi connectivity index (χ4v) is 1.73. The molecule has 1 aromatic rings. The zero-order chi connectivity index (χ0) is 16.0. The van der Waals surface area contributed by atoms with Gasteiger partial charge in [0, 0.05) is 46.1 Å². The van der Waals surface area contributed by atoms with E-state index in [0.717, 1.165) is 4.57 Å². The van der Waals surface area contributed by atoms with Crippen molar-refractivity contribution in [2.24, 2.45) is 14.1 Å². The number of hydrogen-bond acceptors (Lipinski definition) is 5. The van der Waals surface area contributed by atoms with E-state index in [0.29, 0.717) is 18.8 Å². The second kappa shape index (κ2) is 7.75. The van der Waals surface area contributed by atoms with Crippen LogP contribution in [0.1, 0.15) is 12.6 Å². The first kappa shape index (κ1) is 17.1. The maximum Gasteiger partial charge on any atom is 0.330 e. The Morgan fingerprint density at radius 1 is 1.33 bits per heavy atom. The molecular formula is C13H22N4O4. The van der Waals surface area contributed by atoms with E-state index in [-0.39, 0.29) is 18.0 Å². The third kappa shape index (κ3) is 4.54. The van der Waals surface area contributed by atoms with Crippen LogP contribution in [0.4, 0.5) is 0 Å². The lowest BCUT2D eigenvalue weighted by Gasteiger charge is -2.15. The number of hydrogen-bond donors (Lipinski definition) is 2. The van der Waals surface area contributed by atoms with Crippen LogP contribution in [0.2, 0.25) is 0 Å². The van der Waals surface area contributed by atoms with Crippen LogP contribution in [0.15, 0.2) is 15.7 Å². The molecule has 1 aromatic heterocycles. The molecule has 0 spiro atoms. The summed E-state index contributed by atoms with van der Waals surface area (Å²) in [5.74, 6) is -0.166. The Balaban J connectivity index is 2.65. The summed E-state index contributed by atoms with van der Waals surface area (Å²) < 4.78 is 7.26. The van der Waals surface area contributed by atoms with Crippen LogP contribution in [0, 0.1) is 0 Å². The van der Waals surface area contributed by atoms with Crippen LogP contribution < -0.4 is 21.9 Å². The third-order valence-corrected chi connectivity index (χ3v) is 3.21.